The van der Waals surface area contributed by atoms with Gasteiger partial charge in [-0.25, -0.2) is 9.97 Å². The van der Waals surface area contributed by atoms with Gasteiger partial charge in [0, 0.05) is 26.8 Å². The number of carbonyl (C=O) groups is 1. The average molecular weight is 382 g/mol. The zero-order valence-electron chi connectivity index (χ0n) is 15.1. The standard InChI is InChI=1S/C17H24ClN3O3Si/c1-23-17(22)12-7-11(12)13-8-21(10-24-5-6-25(2,3)4)16-14(13)15(18)19-9-20-16/h8-9,11-12H,5-7,10H2,1-4H3. The van der Waals surface area contributed by atoms with Crippen LogP contribution in [0, 0.1) is 5.92 Å². The normalized spacial score (nSPS) is 20.0. The molecule has 2 aromatic rings. The van der Waals surface area contributed by atoms with E-state index in [1.165, 1.54) is 13.4 Å². The Balaban J connectivity index is 1.81. The monoisotopic (exact) mass is 381 g/mol. The van der Waals surface area contributed by atoms with Crippen LogP contribution in [0.3, 0.4) is 0 Å². The molecule has 25 heavy (non-hydrogen) atoms. The predicted molar refractivity (Wildman–Crippen MR) is 99.5 cm³/mol. The summed E-state index contributed by atoms with van der Waals surface area (Å²) in [5, 5.41) is 1.23. The summed E-state index contributed by atoms with van der Waals surface area (Å²) in [6, 6.07) is 1.11. The lowest BCUT2D eigenvalue weighted by molar-refractivity contribution is -0.142. The van der Waals surface area contributed by atoms with Crippen LogP contribution in [0.1, 0.15) is 17.9 Å². The number of fused-ring (bicyclic) bond motifs is 1. The molecule has 2 aromatic heterocycles. The maximum absolute atomic E-state index is 11.8. The molecular weight excluding hydrogens is 358 g/mol. The summed E-state index contributed by atoms with van der Waals surface area (Å²) in [7, 11) is 0.301. The second-order valence-corrected chi connectivity index (χ2v) is 13.7. The van der Waals surface area contributed by atoms with Crippen LogP contribution in [0.4, 0.5) is 0 Å². The van der Waals surface area contributed by atoms with Crippen LogP contribution in [0.2, 0.25) is 30.8 Å². The zero-order chi connectivity index (χ0) is 18.2. The first-order valence-corrected chi connectivity index (χ1v) is 12.5. The minimum atomic E-state index is -1.12. The maximum atomic E-state index is 11.8. The molecule has 2 unspecified atom stereocenters. The van der Waals surface area contributed by atoms with Crippen molar-refractivity contribution in [2.75, 3.05) is 13.7 Å². The van der Waals surface area contributed by atoms with Crippen LogP contribution in [-0.4, -0.2) is 42.3 Å². The van der Waals surface area contributed by atoms with Crippen molar-refractivity contribution >= 4 is 36.7 Å². The SMILES string of the molecule is COC(=O)C1CC1c1cn(COCC[Si](C)(C)C)c2ncnc(Cl)c12. The molecular formula is C17H24ClN3O3Si. The Kier molecular flexibility index (Phi) is 5.18. The highest BCUT2D eigenvalue weighted by molar-refractivity contribution is 6.76. The van der Waals surface area contributed by atoms with Crippen LogP contribution in [0.5, 0.6) is 0 Å². The molecule has 0 saturated heterocycles. The molecule has 0 aliphatic heterocycles. The molecule has 3 rings (SSSR count). The Bertz CT molecular complexity index is 787. The van der Waals surface area contributed by atoms with E-state index in [-0.39, 0.29) is 17.8 Å². The van der Waals surface area contributed by atoms with E-state index in [9.17, 15) is 4.79 Å². The van der Waals surface area contributed by atoms with Gasteiger partial charge in [-0.05, 0) is 18.0 Å². The molecule has 0 spiro atoms. The van der Waals surface area contributed by atoms with Gasteiger partial charge < -0.3 is 14.0 Å². The number of hydrogen-bond donors (Lipinski definition) is 0. The van der Waals surface area contributed by atoms with Gasteiger partial charge in [0.1, 0.15) is 23.9 Å². The molecule has 2 atom stereocenters. The summed E-state index contributed by atoms with van der Waals surface area (Å²) in [6.07, 6.45) is 4.22. The summed E-state index contributed by atoms with van der Waals surface area (Å²) in [5.41, 5.74) is 1.75. The fourth-order valence-corrected chi connectivity index (χ4v) is 3.98. The van der Waals surface area contributed by atoms with E-state index in [0.717, 1.165) is 35.7 Å². The number of methoxy groups -OCH3 is 1. The van der Waals surface area contributed by atoms with Gasteiger partial charge in [-0.2, -0.15) is 0 Å². The first-order valence-electron chi connectivity index (χ1n) is 8.46. The number of esters is 1. The smallest absolute Gasteiger partial charge is 0.309 e. The third kappa shape index (κ3) is 4.04. The topological polar surface area (TPSA) is 66.2 Å². The van der Waals surface area contributed by atoms with Gasteiger partial charge in [0.05, 0.1) is 18.4 Å². The van der Waals surface area contributed by atoms with Gasteiger partial charge in [0.15, 0.2) is 0 Å². The molecule has 1 aliphatic rings. The molecule has 2 heterocycles. The second-order valence-electron chi connectivity index (χ2n) is 7.74. The highest BCUT2D eigenvalue weighted by atomic mass is 35.5. The Labute approximate surface area is 153 Å². The van der Waals surface area contributed by atoms with Crippen molar-refractivity contribution in [3.05, 3.63) is 23.2 Å². The summed E-state index contributed by atoms with van der Waals surface area (Å²) in [6.45, 7) is 8.13. The fourth-order valence-electron chi connectivity index (χ4n) is 2.99. The quantitative estimate of drug-likeness (QED) is 0.317. The van der Waals surface area contributed by atoms with Gasteiger partial charge >= 0.3 is 5.97 Å². The van der Waals surface area contributed by atoms with E-state index >= 15 is 0 Å². The molecule has 8 heteroatoms. The average Bonchev–Trinajstić information content (AvgIpc) is 3.26. The lowest BCUT2D eigenvalue weighted by atomic mass is 10.1. The summed E-state index contributed by atoms with van der Waals surface area (Å²) >= 11 is 6.31. The van der Waals surface area contributed by atoms with Crippen molar-refractivity contribution in [2.45, 2.75) is 44.8 Å². The van der Waals surface area contributed by atoms with Crippen molar-refractivity contribution in [2.24, 2.45) is 5.92 Å². The number of carbonyl (C=O) groups excluding carboxylic acids is 1. The molecule has 1 saturated carbocycles. The lowest BCUT2D eigenvalue weighted by Crippen LogP contribution is -2.22. The van der Waals surface area contributed by atoms with Crippen molar-refractivity contribution in [1.82, 2.24) is 14.5 Å². The number of aromatic nitrogens is 3. The van der Waals surface area contributed by atoms with Crippen LogP contribution in [-0.2, 0) is 21.0 Å². The Morgan fingerprint density at radius 2 is 2.16 bits per heavy atom. The second kappa shape index (κ2) is 7.05. The van der Waals surface area contributed by atoms with E-state index in [1.54, 1.807) is 0 Å². The molecule has 0 radical (unpaired) electrons. The largest absolute Gasteiger partial charge is 0.469 e. The van der Waals surface area contributed by atoms with E-state index in [4.69, 9.17) is 21.1 Å². The molecule has 1 aliphatic carbocycles. The van der Waals surface area contributed by atoms with Crippen LogP contribution in [0.15, 0.2) is 12.5 Å². The number of rotatable bonds is 7. The molecule has 1 fully saturated rings. The highest BCUT2D eigenvalue weighted by Gasteiger charge is 2.46. The summed E-state index contributed by atoms with van der Waals surface area (Å²) in [5.74, 6) is -0.167. The first kappa shape index (κ1) is 18.4. The van der Waals surface area contributed by atoms with Gasteiger partial charge in [-0.3, -0.25) is 4.79 Å². The number of nitrogens with zero attached hydrogens (tertiary/aromatic N) is 3. The molecule has 0 bridgehead atoms. The fraction of sp³-hybridized carbons (Fsp3) is 0.588. The molecule has 0 amide bonds. The summed E-state index contributed by atoms with van der Waals surface area (Å²) in [4.78, 5) is 20.2. The van der Waals surface area contributed by atoms with Gasteiger partial charge in [0.25, 0.3) is 0 Å². The van der Waals surface area contributed by atoms with Crippen molar-refractivity contribution in [1.29, 1.82) is 0 Å². The number of ether oxygens (including phenoxy) is 2. The third-order valence-electron chi connectivity index (χ3n) is 4.56. The van der Waals surface area contributed by atoms with Crippen LogP contribution < -0.4 is 0 Å². The van der Waals surface area contributed by atoms with Gasteiger partial charge in [-0.1, -0.05) is 31.2 Å². The van der Waals surface area contributed by atoms with Crippen LogP contribution in [0.25, 0.3) is 11.0 Å². The maximum Gasteiger partial charge on any atom is 0.309 e. The predicted octanol–water partition coefficient (Wildman–Crippen LogP) is 3.67. The molecule has 6 nitrogen and oxygen atoms in total. The van der Waals surface area contributed by atoms with E-state index in [1.807, 2.05) is 10.8 Å². The van der Waals surface area contributed by atoms with E-state index in [0.29, 0.717) is 11.9 Å². The third-order valence-corrected chi connectivity index (χ3v) is 6.55. The molecule has 136 valence electrons. The molecule has 0 aromatic carbocycles. The van der Waals surface area contributed by atoms with Gasteiger partial charge in [0.2, 0.25) is 0 Å². The van der Waals surface area contributed by atoms with Crippen molar-refractivity contribution in [3.63, 3.8) is 0 Å². The zero-order valence-corrected chi connectivity index (χ0v) is 16.8. The first-order chi connectivity index (χ1) is 11.8. The minimum Gasteiger partial charge on any atom is -0.469 e. The van der Waals surface area contributed by atoms with Crippen molar-refractivity contribution < 1.29 is 14.3 Å². The van der Waals surface area contributed by atoms with Crippen LogP contribution >= 0.6 is 11.6 Å². The Hall–Kier alpha value is -1.44. The Morgan fingerprint density at radius 3 is 2.84 bits per heavy atom. The number of hydrogen-bond acceptors (Lipinski definition) is 5. The Morgan fingerprint density at radius 1 is 1.40 bits per heavy atom. The van der Waals surface area contributed by atoms with E-state index < -0.39 is 8.07 Å². The minimum absolute atomic E-state index is 0.104. The summed E-state index contributed by atoms with van der Waals surface area (Å²) < 4.78 is 12.7. The van der Waals surface area contributed by atoms with E-state index in [2.05, 4.69) is 29.6 Å². The highest BCUT2D eigenvalue weighted by Crippen LogP contribution is 2.51. The molecule has 0 N–H and O–H groups in total. The van der Waals surface area contributed by atoms with Crippen molar-refractivity contribution in [3.8, 4) is 0 Å². The van der Waals surface area contributed by atoms with Gasteiger partial charge in [-0.15, -0.1) is 0 Å². The lowest BCUT2D eigenvalue weighted by Gasteiger charge is -2.15. The number of halogens is 1.